The lowest BCUT2D eigenvalue weighted by molar-refractivity contribution is -0.142. The number of carbonyl (C=O) groups excluding carboxylic acids is 1. The molecule has 2 heterocycles. The summed E-state index contributed by atoms with van der Waals surface area (Å²) in [6.07, 6.45) is 1.71. The molecule has 106 valence electrons. The molecule has 6 heteroatoms. The lowest BCUT2D eigenvalue weighted by atomic mass is 9.89. The molecule has 0 radical (unpaired) electrons. The molecule has 2 saturated heterocycles. The zero-order valence-electron chi connectivity index (χ0n) is 10.6. The standard InChI is InChI=1S/C14H13F2NO3/c15-7-1-3-11(16)9(5-7)13(18)17-8-2-4-12(17)10(6-8)14(19)20/h1,3,5,8,10,12H,2,4,6H2,(H,19,20). The largest absolute Gasteiger partial charge is 0.481 e. The third-order valence-electron chi connectivity index (χ3n) is 4.25. The van der Waals surface area contributed by atoms with Crippen LogP contribution in [-0.4, -0.2) is 34.0 Å². The Morgan fingerprint density at radius 1 is 1.25 bits per heavy atom. The summed E-state index contributed by atoms with van der Waals surface area (Å²) < 4.78 is 26.9. The minimum absolute atomic E-state index is 0.184. The fraction of sp³-hybridized carbons (Fsp3) is 0.429. The van der Waals surface area contributed by atoms with Gasteiger partial charge in [0, 0.05) is 12.1 Å². The van der Waals surface area contributed by atoms with Gasteiger partial charge in [0.25, 0.3) is 5.91 Å². The monoisotopic (exact) mass is 281 g/mol. The molecule has 1 N–H and O–H groups in total. The van der Waals surface area contributed by atoms with E-state index in [0.29, 0.717) is 12.8 Å². The minimum Gasteiger partial charge on any atom is -0.481 e. The van der Waals surface area contributed by atoms with Crippen LogP contribution < -0.4 is 0 Å². The average Bonchev–Trinajstić information content (AvgIpc) is 2.98. The summed E-state index contributed by atoms with van der Waals surface area (Å²) in [5.41, 5.74) is -0.326. The molecule has 1 aromatic rings. The Bertz CT molecular complexity index is 590. The average molecular weight is 281 g/mol. The number of halogens is 2. The fourth-order valence-electron chi connectivity index (χ4n) is 3.37. The molecule has 3 atom stereocenters. The summed E-state index contributed by atoms with van der Waals surface area (Å²) in [4.78, 5) is 24.9. The molecule has 1 aromatic carbocycles. The zero-order valence-corrected chi connectivity index (χ0v) is 10.6. The second-order valence-corrected chi connectivity index (χ2v) is 5.32. The van der Waals surface area contributed by atoms with E-state index in [1.165, 1.54) is 4.90 Å². The molecule has 3 unspecified atom stereocenters. The summed E-state index contributed by atoms with van der Waals surface area (Å²) in [6.45, 7) is 0. The number of carbonyl (C=O) groups is 2. The number of benzene rings is 1. The third-order valence-corrected chi connectivity index (χ3v) is 4.25. The first kappa shape index (κ1) is 13.0. The normalized spacial score (nSPS) is 27.9. The molecule has 0 aromatic heterocycles. The Labute approximate surface area is 114 Å². The van der Waals surface area contributed by atoms with Crippen molar-refractivity contribution in [3.05, 3.63) is 35.4 Å². The molecule has 0 aliphatic carbocycles. The maximum atomic E-state index is 13.7. The van der Waals surface area contributed by atoms with E-state index in [0.717, 1.165) is 24.6 Å². The SMILES string of the molecule is O=C(O)C1CC2CCC1N2C(=O)c1cc(F)ccc1F. The zero-order chi connectivity index (χ0) is 14.4. The van der Waals surface area contributed by atoms with Crippen LogP contribution in [0.15, 0.2) is 18.2 Å². The second-order valence-electron chi connectivity index (χ2n) is 5.32. The van der Waals surface area contributed by atoms with Crippen molar-refractivity contribution in [2.75, 3.05) is 0 Å². The number of hydrogen-bond acceptors (Lipinski definition) is 2. The molecular weight excluding hydrogens is 268 g/mol. The Kier molecular flexibility index (Phi) is 2.96. The van der Waals surface area contributed by atoms with Gasteiger partial charge < -0.3 is 10.0 Å². The number of fused-ring (bicyclic) bond motifs is 2. The summed E-state index contributed by atoms with van der Waals surface area (Å²) >= 11 is 0. The molecule has 3 rings (SSSR count). The lowest BCUT2D eigenvalue weighted by Gasteiger charge is -2.23. The van der Waals surface area contributed by atoms with Crippen LogP contribution in [0.4, 0.5) is 8.78 Å². The van der Waals surface area contributed by atoms with E-state index < -0.39 is 35.5 Å². The van der Waals surface area contributed by atoms with E-state index in [1.54, 1.807) is 0 Å². The first-order valence-corrected chi connectivity index (χ1v) is 6.49. The Morgan fingerprint density at radius 3 is 2.65 bits per heavy atom. The van der Waals surface area contributed by atoms with Crippen LogP contribution in [0.25, 0.3) is 0 Å². The molecule has 2 bridgehead atoms. The van der Waals surface area contributed by atoms with E-state index in [4.69, 9.17) is 5.11 Å². The van der Waals surface area contributed by atoms with Gasteiger partial charge in [0.1, 0.15) is 11.6 Å². The van der Waals surface area contributed by atoms with Crippen molar-refractivity contribution < 1.29 is 23.5 Å². The van der Waals surface area contributed by atoms with Gasteiger partial charge in [-0.05, 0) is 37.5 Å². The number of hydrogen-bond donors (Lipinski definition) is 1. The third kappa shape index (κ3) is 1.87. The van der Waals surface area contributed by atoms with Gasteiger partial charge in [-0.15, -0.1) is 0 Å². The van der Waals surface area contributed by atoms with E-state index >= 15 is 0 Å². The predicted octanol–water partition coefficient (Wildman–Crippen LogP) is 2.04. The van der Waals surface area contributed by atoms with Gasteiger partial charge in [-0.1, -0.05) is 0 Å². The highest BCUT2D eigenvalue weighted by Crippen LogP contribution is 2.42. The highest BCUT2D eigenvalue weighted by molar-refractivity contribution is 5.96. The van der Waals surface area contributed by atoms with E-state index in [2.05, 4.69) is 0 Å². The summed E-state index contributed by atoms with van der Waals surface area (Å²) in [5.74, 6) is -3.62. The number of rotatable bonds is 2. The lowest BCUT2D eigenvalue weighted by Crippen LogP contribution is -2.38. The van der Waals surface area contributed by atoms with Crippen molar-refractivity contribution in [3.63, 3.8) is 0 Å². The van der Waals surface area contributed by atoms with Gasteiger partial charge in [0.15, 0.2) is 0 Å². The van der Waals surface area contributed by atoms with Crippen molar-refractivity contribution in [2.24, 2.45) is 5.92 Å². The van der Waals surface area contributed by atoms with Crippen molar-refractivity contribution in [2.45, 2.75) is 31.3 Å². The van der Waals surface area contributed by atoms with Crippen molar-refractivity contribution in [1.29, 1.82) is 0 Å². The van der Waals surface area contributed by atoms with E-state index in [-0.39, 0.29) is 11.6 Å². The quantitative estimate of drug-likeness (QED) is 0.902. The fourth-order valence-corrected chi connectivity index (χ4v) is 3.37. The van der Waals surface area contributed by atoms with E-state index in [9.17, 15) is 18.4 Å². The molecular formula is C14H13F2NO3. The van der Waals surface area contributed by atoms with Gasteiger partial charge in [-0.3, -0.25) is 9.59 Å². The van der Waals surface area contributed by atoms with Gasteiger partial charge in [0.2, 0.25) is 0 Å². The van der Waals surface area contributed by atoms with Crippen LogP contribution in [0.5, 0.6) is 0 Å². The van der Waals surface area contributed by atoms with Crippen LogP contribution in [0.1, 0.15) is 29.6 Å². The van der Waals surface area contributed by atoms with Crippen LogP contribution in [0.2, 0.25) is 0 Å². The molecule has 2 aliphatic rings. The van der Waals surface area contributed by atoms with Crippen molar-refractivity contribution in [1.82, 2.24) is 4.90 Å². The first-order valence-electron chi connectivity index (χ1n) is 6.49. The summed E-state index contributed by atoms with van der Waals surface area (Å²) in [6, 6.07) is 2.13. The number of nitrogens with zero attached hydrogens (tertiary/aromatic N) is 1. The van der Waals surface area contributed by atoms with Crippen molar-refractivity contribution in [3.8, 4) is 0 Å². The Hall–Kier alpha value is -1.98. The second kappa shape index (κ2) is 4.54. The van der Waals surface area contributed by atoms with Crippen LogP contribution >= 0.6 is 0 Å². The smallest absolute Gasteiger partial charge is 0.308 e. The number of carboxylic acids is 1. The van der Waals surface area contributed by atoms with Gasteiger partial charge in [0.05, 0.1) is 11.5 Å². The molecule has 0 saturated carbocycles. The summed E-state index contributed by atoms with van der Waals surface area (Å²) in [5, 5.41) is 9.13. The van der Waals surface area contributed by atoms with E-state index in [1.807, 2.05) is 0 Å². The van der Waals surface area contributed by atoms with Gasteiger partial charge in [-0.25, -0.2) is 8.78 Å². The topological polar surface area (TPSA) is 57.6 Å². The van der Waals surface area contributed by atoms with Gasteiger partial charge >= 0.3 is 5.97 Å². The Morgan fingerprint density at radius 2 is 2.00 bits per heavy atom. The highest BCUT2D eigenvalue weighted by atomic mass is 19.1. The van der Waals surface area contributed by atoms with Gasteiger partial charge in [-0.2, -0.15) is 0 Å². The van der Waals surface area contributed by atoms with Crippen molar-refractivity contribution >= 4 is 11.9 Å². The molecule has 4 nitrogen and oxygen atoms in total. The molecule has 2 fully saturated rings. The molecule has 1 amide bonds. The Balaban J connectivity index is 1.92. The van der Waals surface area contributed by atoms with Crippen LogP contribution in [-0.2, 0) is 4.79 Å². The predicted molar refractivity (Wildman–Crippen MR) is 65.1 cm³/mol. The number of amides is 1. The van der Waals surface area contributed by atoms with Crippen LogP contribution in [0.3, 0.4) is 0 Å². The molecule has 2 aliphatic heterocycles. The highest BCUT2D eigenvalue weighted by Gasteiger charge is 2.51. The number of aliphatic carboxylic acids is 1. The van der Waals surface area contributed by atoms with Crippen LogP contribution in [0, 0.1) is 17.6 Å². The maximum Gasteiger partial charge on any atom is 0.308 e. The summed E-state index contributed by atoms with van der Waals surface area (Å²) in [7, 11) is 0. The number of carboxylic acid groups (broad SMARTS) is 1. The maximum absolute atomic E-state index is 13.7. The first-order chi connectivity index (χ1) is 9.49. The molecule has 0 spiro atoms. The minimum atomic E-state index is -0.935. The molecule has 20 heavy (non-hydrogen) atoms.